The van der Waals surface area contributed by atoms with Gasteiger partial charge in [-0.1, -0.05) is 12.8 Å². The minimum absolute atomic E-state index is 0.864. The van der Waals surface area contributed by atoms with Crippen LogP contribution in [0.1, 0.15) is 25.7 Å². The van der Waals surface area contributed by atoms with Gasteiger partial charge in [0.15, 0.2) is 0 Å². The van der Waals surface area contributed by atoms with Crippen LogP contribution in [0.15, 0.2) is 0 Å². The van der Waals surface area contributed by atoms with Crippen LogP contribution < -0.4 is 0 Å². The molecule has 0 amide bonds. The Morgan fingerprint density at radius 1 is 0.643 bits per heavy atom. The summed E-state index contributed by atoms with van der Waals surface area (Å²) in [7, 11) is -3.60. The Kier molecular flexibility index (Phi) is 6.33. The predicted octanol–water partition coefficient (Wildman–Crippen LogP) is 3.79. The lowest BCUT2D eigenvalue weighted by molar-refractivity contribution is 0.573. The van der Waals surface area contributed by atoms with Gasteiger partial charge in [0.05, 0.1) is 14.3 Å². The molecule has 0 aromatic heterocycles. The minimum atomic E-state index is -1.80. The van der Waals surface area contributed by atoms with Crippen LogP contribution in [-0.2, 0) is 9.13 Å². The normalized spacial score (nSPS) is 13.1. The summed E-state index contributed by atoms with van der Waals surface area (Å²) in [5.74, 6) is 0. The highest BCUT2D eigenvalue weighted by Crippen LogP contribution is 2.38. The quantitative estimate of drug-likeness (QED) is 0.499. The maximum absolute atomic E-state index is 11.4. The summed E-state index contributed by atoms with van der Waals surface area (Å²) in [5.41, 5.74) is 0. The van der Waals surface area contributed by atoms with Crippen LogP contribution in [0.25, 0.3) is 0 Å². The third-order valence-corrected chi connectivity index (χ3v) is 4.93. The fourth-order valence-corrected chi connectivity index (χ4v) is 3.31. The molecule has 0 heterocycles. The van der Waals surface area contributed by atoms with Crippen LogP contribution in [0.4, 0.5) is 0 Å². The van der Waals surface area contributed by atoms with Gasteiger partial charge in [0, 0.05) is 12.3 Å². The molecule has 0 bridgehead atoms. The molecule has 14 heavy (non-hydrogen) atoms. The van der Waals surface area contributed by atoms with E-state index in [-0.39, 0.29) is 0 Å². The van der Waals surface area contributed by atoms with Gasteiger partial charge in [0.1, 0.15) is 0 Å². The van der Waals surface area contributed by atoms with Crippen molar-refractivity contribution in [3.8, 4) is 0 Å². The first-order valence-corrected chi connectivity index (χ1v) is 10.9. The molecule has 0 rings (SSSR count). The SMILES string of the molecule is CP(C)(=O)CCCCCCP(C)(C)=O. The van der Waals surface area contributed by atoms with Crippen molar-refractivity contribution in [3.05, 3.63) is 0 Å². The van der Waals surface area contributed by atoms with Crippen LogP contribution in [0.3, 0.4) is 0 Å². The molecule has 0 N–H and O–H groups in total. The second-order valence-corrected chi connectivity index (χ2v) is 12.2. The molecule has 0 saturated carbocycles. The van der Waals surface area contributed by atoms with E-state index in [4.69, 9.17) is 0 Å². The van der Waals surface area contributed by atoms with Gasteiger partial charge in [-0.25, -0.2) is 0 Å². The highest BCUT2D eigenvalue weighted by molar-refractivity contribution is 7.62. The van der Waals surface area contributed by atoms with E-state index in [1.54, 1.807) is 0 Å². The largest absolute Gasteiger partial charge is 0.324 e. The van der Waals surface area contributed by atoms with Crippen molar-refractivity contribution in [3.63, 3.8) is 0 Å². The summed E-state index contributed by atoms with van der Waals surface area (Å²) < 4.78 is 22.7. The molecular formula is C10H24O2P2. The Hall–Kier alpha value is 0.460. The van der Waals surface area contributed by atoms with Crippen molar-refractivity contribution >= 4 is 14.3 Å². The predicted molar refractivity (Wildman–Crippen MR) is 67.1 cm³/mol. The molecule has 0 fully saturated rings. The van der Waals surface area contributed by atoms with Gasteiger partial charge in [-0.3, -0.25) is 0 Å². The fourth-order valence-electron chi connectivity index (χ4n) is 1.34. The van der Waals surface area contributed by atoms with Crippen molar-refractivity contribution < 1.29 is 9.13 Å². The Bertz CT molecular complexity index is 211. The number of rotatable bonds is 7. The molecule has 0 radical (unpaired) electrons. The Morgan fingerprint density at radius 2 is 0.929 bits per heavy atom. The second kappa shape index (κ2) is 6.13. The molecule has 0 aliphatic carbocycles. The second-order valence-electron chi connectivity index (χ2n) is 5.01. The first-order valence-electron chi connectivity index (χ1n) is 5.29. The van der Waals surface area contributed by atoms with E-state index in [0.29, 0.717) is 0 Å². The molecule has 0 saturated heterocycles. The van der Waals surface area contributed by atoms with E-state index < -0.39 is 14.3 Å². The van der Waals surface area contributed by atoms with Gasteiger partial charge in [-0.2, -0.15) is 0 Å². The van der Waals surface area contributed by atoms with Crippen molar-refractivity contribution in [2.75, 3.05) is 39.0 Å². The van der Waals surface area contributed by atoms with E-state index >= 15 is 0 Å². The van der Waals surface area contributed by atoms with E-state index in [9.17, 15) is 9.13 Å². The zero-order valence-corrected chi connectivity index (χ0v) is 11.7. The summed E-state index contributed by atoms with van der Waals surface area (Å²) in [4.78, 5) is 0. The molecule has 4 heteroatoms. The van der Waals surface area contributed by atoms with Crippen molar-refractivity contribution in [1.82, 2.24) is 0 Å². The van der Waals surface area contributed by atoms with Crippen molar-refractivity contribution in [1.29, 1.82) is 0 Å². The van der Waals surface area contributed by atoms with E-state index in [1.807, 2.05) is 26.7 Å². The van der Waals surface area contributed by atoms with Crippen LogP contribution >= 0.6 is 14.3 Å². The molecule has 86 valence electrons. The number of unbranched alkanes of at least 4 members (excludes halogenated alkanes) is 3. The molecule has 0 aromatic rings. The van der Waals surface area contributed by atoms with Gasteiger partial charge in [0.25, 0.3) is 0 Å². The smallest absolute Gasteiger partial charge is 0.0819 e. The zero-order chi connectivity index (χ0) is 11.2. The summed E-state index contributed by atoms with van der Waals surface area (Å²) in [6.45, 7) is 7.39. The third kappa shape index (κ3) is 12.5. The van der Waals surface area contributed by atoms with E-state index in [2.05, 4.69) is 0 Å². The zero-order valence-electron chi connectivity index (χ0n) is 9.95. The molecule has 2 nitrogen and oxygen atoms in total. The lowest BCUT2D eigenvalue weighted by atomic mass is 10.2. The van der Waals surface area contributed by atoms with Crippen LogP contribution in [-0.4, -0.2) is 39.0 Å². The van der Waals surface area contributed by atoms with Crippen LogP contribution in [0, 0.1) is 0 Å². The Labute approximate surface area is 88.6 Å². The highest BCUT2D eigenvalue weighted by atomic mass is 31.2. The molecule has 0 aliphatic heterocycles. The van der Waals surface area contributed by atoms with E-state index in [0.717, 1.165) is 38.0 Å². The molecule has 0 aromatic carbocycles. The lowest BCUT2D eigenvalue weighted by Crippen LogP contribution is -1.90. The van der Waals surface area contributed by atoms with Gasteiger partial charge in [-0.15, -0.1) is 0 Å². The maximum Gasteiger partial charge on any atom is 0.0819 e. The van der Waals surface area contributed by atoms with Gasteiger partial charge >= 0.3 is 0 Å². The van der Waals surface area contributed by atoms with Crippen LogP contribution in [0.5, 0.6) is 0 Å². The summed E-state index contributed by atoms with van der Waals surface area (Å²) >= 11 is 0. The number of hydrogen-bond acceptors (Lipinski definition) is 2. The first-order chi connectivity index (χ1) is 6.21. The maximum atomic E-state index is 11.4. The Morgan fingerprint density at radius 3 is 1.14 bits per heavy atom. The summed E-state index contributed by atoms with van der Waals surface area (Å²) in [6, 6.07) is 0. The molecular weight excluding hydrogens is 214 g/mol. The molecule has 0 aliphatic rings. The monoisotopic (exact) mass is 238 g/mol. The van der Waals surface area contributed by atoms with E-state index in [1.165, 1.54) is 0 Å². The van der Waals surface area contributed by atoms with Gasteiger partial charge < -0.3 is 9.13 Å². The minimum Gasteiger partial charge on any atom is -0.324 e. The average molecular weight is 238 g/mol. The standard InChI is InChI=1S/C10H24O2P2/c1-13(2,11)9-7-5-6-8-10-14(3,4)12/h5-10H2,1-4H3. The third-order valence-electron chi connectivity index (χ3n) is 2.14. The van der Waals surface area contributed by atoms with Gasteiger partial charge in [-0.05, 0) is 39.5 Å². The topological polar surface area (TPSA) is 34.1 Å². The van der Waals surface area contributed by atoms with Crippen molar-refractivity contribution in [2.24, 2.45) is 0 Å². The molecule has 0 unspecified atom stereocenters. The summed E-state index contributed by atoms with van der Waals surface area (Å²) in [5, 5.41) is 0. The highest BCUT2D eigenvalue weighted by Gasteiger charge is 2.07. The Balaban J connectivity index is 3.32. The van der Waals surface area contributed by atoms with Gasteiger partial charge in [0.2, 0.25) is 0 Å². The van der Waals surface area contributed by atoms with Crippen molar-refractivity contribution in [2.45, 2.75) is 25.7 Å². The summed E-state index contributed by atoms with van der Waals surface area (Å²) in [6.07, 6.45) is 6.10. The molecule has 0 atom stereocenters. The average Bonchev–Trinajstić information content (AvgIpc) is 1.92. The lowest BCUT2D eigenvalue weighted by Gasteiger charge is -2.07. The van der Waals surface area contributed by atoms with Crippen LogP contribution in [0.2, 0.25) is 0 Å². The first kappa shape index (κ1) is 14.5. The fraction of sp³-hybridized carbons (Fsp3) is 1.00. The molecule has 0 spiro atoms. The number of hydrogen-bond donors (Lipinski definition) is 0.